The minimum atomic E-state index is -1.10. The van der Waals surface area contributed by atoms with Gasteiger partial charge in [-0.2, -0.15) is 0 Å². The first kappa shape index (κ1) is 33.8. The molecule has 0 aliphatic heterocycles. The molecule has 3 unspecified atom stereocenters. The summed E-state index contributed by atoms with van der Waals surface area (Å²) in [6, 6.07) is -0.806. The molecule has 5 heteroatoms. The lowest BCUT2D eigenvalue weighted by Gasteiger charge is -2.21. The lowest BCUT2D eigenvalue weighted by Crippen LogP contribution is -2.48. The summed E-state index contributed by atoms with van der Waals surface area (Å²) in [5.41, 5.74) is 0. The van der Waals surface area contributed by atoms with Crippen LogP contribution in [-0.4, -0.2) is 46.1 Å². The molecule has 5 nitrogen and oxygen atoms in total. The van der Waals surface area contributed by atoms with E-state index in [4.69, 9.17) is 0 Å². The number of aliphatic hydroxyl groups excluding tert-OH is 3. The van der Waals surface area contributed by atoms with Crippen LogP contribution in [0.1, 0.15) is 136 Å². The van der Waals surface area contributed by atoms with Crippen LogP contribution in [0, 0.1) is 0 Å². The maximum absolute atomic E-state index is 12.2. The number of hydrogen-bond acceptors (Lipinski definition) is 4. The molecular weight excluding hydrogens is 438 g/mol. The zero-order valence-electron chi connectivity index (χ0n) is 22.9. The normalized spacial score (nSPS) is 14.5. The smallest absolute Gasteiger partial charge is 0.249 e. The zero-order chi connectivity index (χ0) is 26.0. The van der Waals surface area contributed by atoms with Crippen molar-refractivity contribution in [3.63, 3.8) is 0 Å². The van der Waals surface area contributed by atoms with Gasteiger partial charge in [-0.3, -0.25) is 4.79 Å². The van der Waals surface area contributed by atoms with Crippen molar-refractivity contribution >= 4 is 5.91 Å². The number of hydrogen-bond donors (Lipinski definition) is 4. The molecule has 0 aromatic rings. The van der Waals surface area contributed by atoms with Crippen LogP contribution in [0.25, 0.3) is 0 Å². The van der Waals surface area contributed by atoms with Gasteiger partial charge in [-0.15, -0.1) is 0 Å². The Kier molecular flexibility index (Phi) is 25.0. The van der Waals surface area contributed by atoms with Gasteiger partial charge in [-0.1, -0.05) is 128 Å². The minimum absolute atomic E-state index is 0.375. The highest BCUT2D eigenvalue weighted by Gasteiger charge is 2.22. The molecule has 0 heterocycles. The molecular formula is C30H57NO4. The van der Waals surface area contributed by atoms with Crippen LogP contribution in [0.15, 0.2) is 24.3 Å². The third kappa shape index (κ3) is 21.8. The quantitative estimate of drug-likeness (QED) is 0.0833. The Hall–Kier alpha value is -1.17. The van der Waals surface area contributed by atoms with E-state index in [9.17, 15) is 20.1 Å². The van der Waals surface area contributed by atoms with Gasteiger partial charge in [-0.25, -0.2) is 0 Å². The number of unbranched alkanes of at least 4 members (excludes halogenated alkanes) is 15. The molecule has 0 bridgehead atoms. The molecule has 0 aromatic heterocycles. The average molecular weight is 496 g/mol. The van der Waals surface area contributed by atoms with Gasteiger partial charge < -0.3 is 20.6 Å². The van der Waals surface area contributed by atoms with Crippen LogP contribution >= 0.6 is 0 Å². The first-order valence-electron chi connectivity index (χ1n) is 14.7. The Morgan fingerprint density at radius 1 is 0.686 bits per heavy atom. The van der Waals surface area contributed by atoms with Crippen molar-refractivity contribution in [1.82, 2.24) is 5.32 Å². The SMILES string of the molecule is CCCCCCCCCC=CCCC=CC(O)C(CO)NC(=O)C(O)CCCCCCCCCC. The summed E-state index contributed by atoms with van der Waals surface area (Å²) in [6.07, 6.45) is 27.6. The molecule has 0 radical (unpaired) electrons. The van der Waals surface area contributed by atoms with E-state index >= 15 is 0 Å². The van der Waals surface area contributed by atoms with Gasteiger partial charge in [-0.05, 0) is 32.1 Å². The van der Waals surface area contributed by atoms with Crippen molar-refractivity contribution in [1.29, 1.82) is 0 Å². The van der Waals surface area contributed by atoms with Crippen LogP contribution in [-0.2, 0) is 4.79 Å². The number of carbonyl (C=O) groups excluding carboxylic acids is 1. The fraction of sp³-hybridized carbons (Fsp3) is 0.833. The minimum Gasteiger partial charge on any atom is -0.394 e. The summed E-state index contributed by atoms with van der Waals surface area (Å²) in [5.74, 6) is -0.521. The van der Waals surface area contributed by atoms with Crippen molar-refractivity contribution in [2.24, 2.45) is 0 Å². The Morgan fingerprint density at radius 2 is 1.17 bits per heavy atom. The van der Waals surface area contributed by atoms with Crippen molar-refractivity contribution < 1.29 is 20.1 Å². The van der Waals surface area contributed by atoms with Crippen LogP contribution in [0.2, 0.25) is 0 Å². The maximum atomic E-state index is 12.2. The van der Waals surface area contributed by atoms with Gasteiger partial charge in [0.1, 0.15) is 6.10 Å². The van der Waals surface area contributed by atoms with Crippen molar-refractivity contribution in [2.75, 3.05) is 6.61 Å². The molecule has 1 amide bonds. The molecule has 0 aromatic carbocycles. The predicted molar refractivity (Wildman–Crippen MR) is 148 cm³/mol. The highest BCUT2D eigenvalue weighted by atomic mass is 16.3. The topological polar surface area (TPSA) is 89.8 Å². The van der Waals surface area contributed by atoms with Gasteiger partial charge in [0.2, 0.25) is 5.91 Å². The first-order chi connectivity index (χ1) is 17.1. The summed E-state index contributed by atoms with van der Waals surface area (Å²) < 4.78 is 0. The largest absolute Gasteiger partial charge is 0.394 e. The lowest BCUT2D eigenvalue weighted by atomic mass is 10.0. The van der Waals surface area contributed by atoms with Crippen LogP contribution in [0.3, 0.4) is 0 Å². The molecule has 3 atom stereocenters. The van der Waals surface area contributed by atoms with E-state index < -0.39 is 24.2 Å². The maximum Gasteiger partial charge on any atom is 0.249 e. The van der Waals surface area contributed by atoms with Gasteiger partial charge in [0, 0.05) is 0 Å². The third-order valence-corrected chi connectivity index (χ3v) is 6.54. The number of allylic oxidation sites excluding steroid dienone is 3. The summed E-state index contributed by atoms with van der Waals surface area (Å²) in [7, 11) is 0. The van der Waals surface area contributed by atoms with Crippen molar-refractivity contribution in [2.45, 2.75) is 154 Å². The van der Waals surface area contributed by atoms with Gasteiger partial charge >= 0.3 is 0 Å². The molecule has 0 aliphatic rings. The molecule has 35 heavy (non-hydrogen) atoms. The van der Waals surface area contributed by atoms with Crippen molar-refractivity contribution in [3.05, 3.63) is 24.3 Å². The fourth-order valence-electron chi connectivity index (χ4n) is 4.14. The highest BCUT2D eigenvalue weighted by molar-refractivity contribution is 5.80. The number of nitrogens with one attached hydrogen (secondary N) is 1. The predicted octanol–water partition coefficient (Wildman–Crippen LogP) is 6.75. The molecule has 0 rings (SSSR count). The van der Waals surface area contributed by atoms with E-state index in [-0.39, 0.29) is 6.61 Å². The molecule has 4 N–H and O–H groups in total. The monoisotopic (exact) mass is 495 g/mol. The molecule has 0 spiro atoms. The molecule has 206 valence electrons. The Balaban J connectivity index is 3.92. The van der Waals surface area contributed by atoms with Crippen molar-refractivity contribution in [3.8, 4) is 0 Å². The molecule has 0 fully saturated rings. The van der Waals surface area contributed by atoms with Gasteiger partial charge in [0.15, 0.2) is 0 Å². The van der Waals surface area contributed by atoms with Crippen LogP contribution in [0.4, 0.5) is 0 Å². The number of aliphatic hydroxyl groups is 3. The molecule has 0 saturated heterocycles. The Labute approximate surface area is 216 Å². The zero-order valence-corrected chi connectivity index (χ0v) is 22.9. The second-order valence-electron chi connectivity index (χ2n) is 9.95. The highest BCUT2D eigenvalue weighted by Crippen LogP contribution is 2.11. The number of amides is 1. The third-order valence-electron chi connectivity index (χ3n) is 6.54. The fourth-order valence-corrected chi connectivity index (χ4v) is 4.14. The second kappa shape index (κ2) is 25.9. The van der Waals surface area contributed by atoms with Gasteiger partial charge in [0.05, 0.1) is 18.8 Å². The first-order valence-corrected chi connectivity index (χ1v) is 14.7. The summed E-state index contributed by atoms with van der Waals surface area (Å²) in [4.78, 5) is 12.2. The van der Waals surface area contributed by atoms with E-state index in [1.165, 1.54) is 77.0 Å². The number of rotatable bonds is 25. The average Bonchev–Trinajstić information content (AvgIpc) is 2.86. The Bertz CT molecular complexity index is 520. The standard InChI is InChI=1S/C30H57NO4/c1-3-5-7-9-11-13-14-15-16-17-19-20-22-24-28(33)27(26-32)31-30(35)29(34)25-23-21-18-12-10-8-6-4-2/h16-17,22,24,27-29,32-34H,3-15,18-21,23,25-26H2,1-2H3,(H,31,35). The summed E-state index contributed by atoms with van der Waals surface area (Å²) >= 11 is 0. The van der Waals surface area contributed by atoms with Crippen LogP contribution in [0.5, 0.6) is 0 Å². The van der Waals surface area contributed by atoms with E-state index in [0.717, 1.165) is 38.5 Å². The van der Waals surface area contributed by atoms with Gasteiger partial charge in [0.25, 0.3) is 0 Å². The molecule has 0 aliphatic carbocycles. The van der Waals surface area contributed by atoms with E-state index in [1.54, 1.807) is 6.08 Å². The Morgan fingerprint density at radius 3 is 1.74 bits per heavy atom. The number of carbonyl (C=O) groups is 1. The lowest BCUT2D eigenvalue weighted by molar-refractivity contribution is -0.131. The van der Waals surface area contributed by atoms with Crippen LogP contribution < -0.4 is 5.32 Å². The second-order valence-corrected chi connectivity index (χ2v) is 9.95. The van der Waals surface area contributed by atoms with E-state index in [1.807, 2.05) is 6.08 Å². The molecule has 0 saturated carbocycles. The summed E-state index contributed by atoms with van der Waals surface area (Å²) in [6.45, 7) is 4.08. The van der Waals surface area contributed by atoms with E-state index in [2.05, 4.69) is 31.3 Å². The summed E-state index contributed by atoms with van der Waals surface area (Å²) in [5, 5.41) is 32.6. The van der Waals surface area contributed by atoms with E-state index in [0.29, 0.717) is 6.42 Å².